The van der Waals surface area contributed by atoms with E-state index in [0.29, 0.717) is 20.9 Å². The van der Waals surface area contributed by atoms with Crippen molar-refractivity contribution in [2.45, 2.75) is 12.1 Å². The van der Waals surface area contributed by atoms with Crippen molar-refractivity contribution >= 4 is 46.5 Å². The molecule has 0 aliphatic carbocycles. The molecule has 0 aliphatic rings. The summed E-state index contributed by atoms with van der Waals surface area (Å²) < 4.78 is 1.92. The summed E-state index contributed by atoms with van der Waals surface area (Å²) in [5.74, 6) is -0.0152. The number of carbonyl (C=O) groups excluding carboxylic acids is 2. The molecular weight excluding hydrogens is 466 g/mol. The van der Waals surface area contributed by atoms with E-state index < -0.39 is 0 Å². The fourth-order valence-electron chi connectivity index (χ4n) is 2.94. The Morgan fingerprint density at radius 1 is 1.03 bits per heavy atom. The summed E-state index contributed by atoms with van der Waals surface area (Å²) in [6.07, 6.45) is 0. The zero-order valence-electron chi connectivity index (χ0n) is 16.9. The summed E-state index contributed by atoms with van der Waals surface area (Å²) in [6, 6.07) is 18.7. The lowest BCUT2D eigenvalue weighted by Crippen LogP contribution is -2.42. The maximum atomic E-state index is 12.3. The number of thiophene rings is 1. The minimum Gasteiger partial charge on any atom is -0.272 e. The molecule has 0 spiro atoms. The molecule has 0 saturated heterocycles. The number of rotatable bonds is 6. The molecule has 0 fully saturated rings. The lowest BCUT2D eigenvalue weighted by molar-refractivity contribution is -0.119. The molecule has 2 heterocycles. The number of aromatic nitrogens is 3. The van der Waals surface area contributed by atoms with Crippen LogP contribution in [0.25, 0.3) is 17.1 Å². The highest BCUT2D eigenvalue weighted by Gasteiger charge is 2.18. The number of hydrogen-bond acceptors (Lipinski definition) is 6. The average Bonchev–Trinajstić information content (AvgIpc) is 3.47. The molecule has 0 saturated carbocycles. The van der Waals surface area contributed by atoms with Crippen LogP contribution >= 0.6 is 34.7 Å². The summed E-state index contributed by atoms with van der Waals surface area (Å²) >= 11 is 8.56. The third-order valence-corrected chi connectivity index (χ3v) is 6.53. The third-order valence-electron chi connectivity index (χ3n) is 4.48. The normalized spacial score (nSPS) is 10.7. The van der Waals surface area contributed by atoms with Crippen LogP contribution < -0.4 is 10.9 Å². The number of thioether (sulfide) groups is 1. The maximum absolute atomic E-state index is 12.3. The molecular formula is C22H18ClN5O2S2. The molecule has 2 amide bonds. The lowest BCUT2D eigenvalue weighted by Gasteiger charge is -2.13. The Labute approximate surface area is 197 Å². The van der Waals surface area contributed by atoms with E-state index in [1.54, 1.807) is 29.6 Å². The van der Waals surface area contributed by atoms with Crippen LogP contribution in [0.5, 0.6) is 0 Å². The van der Waals surface area contributed by atoms with Crippen LogP contribution in [0.2, 0.25) is 5.02 Å². The summed E-state index contributed by atoms with van der Waals surface area (Å²) in [6.45, 7) is 2.00. The molecule has 4 rings (SSSR count). The van der Waals surface area contributed by atoms with E-state index in [4.69, 9.17) is 11.6 Å². The Morgan fingerprint density at radius 3 is 2.53 bits per heavy atom. The van der Waals surface area contributed by atoms with Gasteiger partial charge in [-0.05, 0) is 54.3 Å². The molecule has 2 aromatic carbocycles. The van der Waals surface area contributed by atoms with Gasteiger partial charge in [-0.3, -0.25) is 25.0 Å². The first-order valence-electron chi connectivity index (χ1n) is 9.56. The number of nitrogens with zero attached hydrogens (tertiary/aromatic N) is 3. The second-order valence-electron chi connectivity index (χ2n) is 6.70. The highest BCUT2D eigenvalue weighted by Crippen LogP contribution is 2.30. The SMILES string of the molecule is Cc1ccccc1-n1c(SCC(=O)NNC(=O)c2cccs2)nnc1-c1ccc(Cl)cc1. The molecule has 0 radical (unpaired) electrons. The van der Waals surface area contributed by atoms with Crippen molar-refractivity contribution in [2.75, 3.05) is 5.75 Å². The smallest absolute Gasteiger partial charge is 0.272 e. The van der Waals surface area contributed by atoms with E-state index in [1.165, 1.54) is 23.1 Å². The molecule has 0 bridgehead atoms. The summed E-state index contributed by atoms with van der Waals surface area (Å²) in [7, 11) is 0. The average molecular weight is 484 g/mol. The second kappa shape index (κ2) is 9.99. The van der Waals surface area contributed by atoms with Crippen molar-refractivity contribution in [3.8, 4) is 17.1 Å². The minimum atomic E-state index is -0.355. The van der Waals surface area contributed by atoms with Gasteiger partial charge in [-0.1, -0.05) is 47.6 Å². The van der Waals surface area contributed by atoms with Gasteiger partial charge >= 0.3 is 0 Å². The number of nitrogens with one attached hydrogen (secondary N) is 2. The van der Waals surface area contributed by atoms with Crippen LogP contribution in [0, 0.1) is 6.92 Å². The number of para-hydroxylation sites is 1. The Morgan fingerprint density at radius 2 is 1.81 bits per heavy atom. The molecule has 0 unspecified atom stereocenters. The molecule has 162 valence electrons. The van der Waals surface area contributed by atoms with Crippen molar-refractivity contribution in [1.82, 2.24) is 25.6 Å². The molecule has 10 heteroatoms. The third kappa shape index (κ3) is 5.01. The maximum Gasteiger partial charge on any atom is 0.279 e. The van der Waals surface area contributed by atoms with Gasteiger partial charge < -0.3 is 0 Å². The number of halogens is 1. The van der Waals surface area contributed by atoms with Gasteiger partial charge in [0, 0.05) is 10.6 Å². The lowest BCUT2D eigenvalue weighted by atomic mass is 10.1. The second-order valence-corrected chi connectivity index (χ2v) is 9.03. The topological polar surface area (TPSA) is 88.9 Å². The predicted molar refractivity (Wildman–Crippen MR) is 127 cm³/mol. The van der Waals surface area contributed by atoms with Gasteiger partial charge in [-0.2, -0.15) is 0 Å². The summed E-state index contributed by atoms with van der Waals surface area (Å²) in [5.41, 5.74) is 7.65. The quantitative estimate of drug-likeness (QED) is 0.311. The Balaban J connectivity index is 1.53. The van der Waals surface area contributed by atoms with Crippen LogP contribution in [0.1, 0.15) is 15.2 Å². The molecule has 2 aromatic heterocycles. The van der Waals surface area contributed by atoms with Crippen LogP contribution in [0.4, 0.5) is 0 Å². The van der Waals surface area contributed by atoms with Gasteiger partial charge in [0.15, 0.2) is 11.0 Å². The van der Waals surface area contributed by atoms with Gasteiger partial charge in [-0.25, -0.2) is 0 Å². The first-order chi connectivity index (χ1) is 15.5. The van der Waals surface area contributed by atoms with E-state index in [0.717, 1.165) is 16.8 Å². The molecule has 0 aliphatic heterocycles. The zero-order valence-corrected chi connectivity index (χ0v) is 19.3. The van der Waals surface area contributed by atoms with Crippen molar-refractivity contribution in [1.29, 1.82) is 0 Å². The van der Waals surface area contributed by atoms with Crippen LogP contribution in [0.3, 0.4) is 0 Å². The van der Waals surface area contributed by atoms with Crippen LogP contribution in [0.15, 0.2) is 71.2 Å². The Bertz CT molecular complexity index is 1240. The number of hydrogen-bond donors (Lipinski definition) is 2. The number of aryl methyl sites for hydroxylation is 1. The summed E-state index contributed by atoms with van der Waals surface area (Å²) in [5, 5.41) is 11.7. The van der Waals surface area contributed by atoms with Gasteiger partial charge in [0.25, 0.3) is 5.91 Å². The zero-order chi connectivity index (χ0) is 22.5. The molecule has 32 heavy (non-hydrogen) atoms. The first kappa shape index (κ1) is 22.1. The monoisotopic (exact) mass is 483 g/mol. The molecule has 4 aromatic rings. The van der Waals surface area contributed by atoms with Crippen molar-refractivity contribution in [3.63, 3.8) is 0 Å². The van der Waals surface area contributed by atoms with Crippen LogP contribution in [-0.2, 0) is 4.79 Å². The number of benzene rings is 2. The Kier molecular flexibility index (Phi) is 6.89. The Hall–Kier alpha value is -3.14. The summed E-state index contributed by atoms with van der Waals surface area (Å²) in [4.78, 5) is 24.8. The number of carbonyl (C=O) groups is 2. The highest BCUT2D eigenvalue weighted by molar-refractivity contribution is 7.99. The van der Waals surface area contributed by atoms with Crippen molar-refractivity contribution < 1.29 is 9.59 Å². The van der Waals surface area contributed by atoms with E-state index in [1.807, 2.05) is 47.9 Å². The molecule has 7 nitrogen and oxygen atoms in total. The fraction of sp³-hybridized carbons (Fsp3) is 0.0909. The van der Waals surface area contributed by atoms with Crippen molar-refractivity contribution in [2.24, 2.45) is 0 Å². The molecule has 2 N–H and O–H groups in total. The van der Waals surface area contributed by atoms with E-state index >= 15 is 0 Å². The first-order valence-corrected chi connectivity index (χ1v) is 11.8. The van der Waals surface area contributed by atoms with Gasteiger partial charge in [-0.15, -0.1) is 21.5 Å². The predicted octanol–water partition coefficient (Wildman–Crippen LogP) is 4.51. The minimum absolute atomic E-state index is 0.0509. The highest BCUT2D eigenvalue weighted by atomic mass is 35.5. The number of hydrazine groups is 1. The number of amides is 2. The standard InChI is InChI=1S/C22H18ClN5O2S2/c1-14-5-2-3-6-17(14)28-20(15-8-10-16(23)11-9-15)25-27-22(28)32-13-19(29)24-26-21(30)18-7-4-12-31-18/h2-12H,13H2,1H3,(H,24,29)(H,26,30). The van der Waals surface area contributed by atoms with Crippen LogP contribution in [-0.4, -0.2) is 32.3 Å². The fourth-order valence-corrected chi connectivity index (χ4v) is 4.43. The van der Waals surface area contributed by atoms with Crippen molar-refractivity contribution in [3.05, 3.63) is 81.5 Å². The largest absolute Gasteiger partial charge is 0.279 e. The van der Waals surface area contributed by atoms with Gasteiger partial charge in [0.05, 0.1) is 16.3 Å². The van der Waals surface area contributed by atoms with E-state index in [-0.39, 0.29) is 17.6 Å². The van der Waals surface area contributed by atoms with Gasteiger partial charge in [0.2, 0.25) is 5.91 Å². The van der Waals surface area contributed by atoms with Gasteiger partial charge in [0.1, 0.15) is 0 Å². The van der Waals surface area contributed by atoms with E-state index in [9.17, 15) is 9.59 Å². The molecule has 0 atom stereocenters. The van der Waals surface area contributed by atoms with E-state index in [2.05, 4.69) is 21.0 Å².